The molecule has 98 valence electrons. The van der Waals surface area contributed by atoms with Gasteiger partial charge in [-0.2, -0.15) is 0 Å². The second kappa shape index (κ2) is 3.77. The Labute approximate surface area is 105 Å². The Hall–Kier alpha value is -1.45. The molecule has 1 fully saturated rings. The Balaban J connectivity index is 2.18. The molecule has 1 aromatic carbocycles. The lowest BCUT2D eigenvalue weighted by molar-refractivity contribution is 0.0938. The highest BCUT2D eigenvalue weighted by Gasteiger charge is 2.65. The first kappa shape index (κ1) is 13.0. The average molecular weight is 253 g/mol. The van der Waals surface area contributed by atoms with E-state index in [-0.39, 0.29) is 22.4 Å². The topological polar surface area (TPSA) is 29.1 Å². The van der Waals surface area contributed by atoms with Crippen molar-refractivity contribution in [2.75, 3.05) is 0 Å². The van der Waals surface area contributed by atoms with Gasteiger partial charge < -0.3 is 5.32 Å². The van der Waals surface area contributed by atoms with Crippen LogP contribution in [0.3, 0.4) is 0 Å². The third-order valence-corrected chi connectivity index (χ3v) is 4.49. The number of halogens is 2. The molecule has 1 aliphatic rings. The maximum absolute atomic E-state index is 13.5. The summed E-state index contributed by atoms with van der Waals surface area (Å²) in [5, 5.41) is 2.77. The summed E-state index contributed by atoms with van der Waals surface area (Å²) in [5.74, 6) is -2.65. The summed E-state index contributed by atoms with van der Waals surface area (Å²) in [6.07, 6.45) is 0. The quantitative estimate of drug-likeness (QED) is 0.862. The van der Waals surface area contributed by atoms with Gasteiger partial charge in [-0.3, -0.25) is 4.79 Å². The highest BCUT2D eigenvalue weighted by Crippen LogP contribution is 2.62. The Kier molecular flexibility index (Phi) is 2.72. The van der Waals surface area contributed by atoms with Crippen LogP contribution in [0.5, 0.6) is 0 Å². The smallest absolute Gasteiger partial charge is 0.254 e. The van der Waals surface area contributed by atoms with Crippen LogP contribution in [-0.2, 0) is 0 Å². The van der Waals surface area contributed by atoms with Crippen LogP contribution in [0.2, 0.25) is 0 Å². The Morgan fingerprint density at radius 1 is 1.17 bits per heavy atom. The summed E-state index contributed by atoms with van der Waals surface area (Å²) in [4.78, 5) is 11.9. The molecule has 4 heteroatoms. The van der Waals surface area contributed by atoms with E-state index in [9.17, 15) is 13.6 Å². The molecule has 0 saturated heterocycles. The van der Waals surface area contributed by atoms with Crippen molar-refractivity contribution in [3.8, 4) is 0 Å². The van der Waals surface area contributed by atoms with Gasteiger partial charge in [0.1, 0.15) is 0 Å². The molecule has 0 radical (unpaired) electrons. The molecule has 18 heavy (non-hydrogen) atoms. The fourth-order valence-corrected chi connectivity index (χ4v) is 2.45. The SMILES string of the molecule is CC1(C)C(NC(=O)c2cccc(F)c2F)C1(C)C. The van der Waals surface area contributed by atoms with Gasteiger partial charge in [0.15, 0.2) is 11.6 Å². The van der Waals surface area contributed by atoms with Gasteiger partial charge in [-0.05, 0) is 23.0 Å². The van der Waals surface area contributed by atoms with Crippen molar-refractivity contribution in [1.29, 1.82) is 0 Å². The summed E-state index contributed by atoms with van der Waals surface area (Å²) in [6.45, 7) is 8.17. The molecule has 2 nitrogen and oxygen atoms in total. The standard InChI is InChI=1S/C14H17F2NO/c1-13(2)12(14(13,3)4)17-11(18)8-6-5-7-9(15)10(8)16/h5-7,12H,1-4H3,(H,17,18). The number of carbonyl (C=O) groups excluding carboxylic acids is 1. The van der Waals surface area contributed by atoms with E-state index in [1.165, 1.54) is 12.1 Å². The molecule has 1 aliphatic carbocycles. The van der Waals surface area contributed by atoms with E-state index < -0.39 is 17.5 Å². The van der Waals surface area contributed by atoms with Crippen molar-refractivity contribution in [2.45, 2.75) is 33.7 Å². The van der Waals surface area contributed by atoms with Crippen LogP contribution in [0.15, 0.2) is 18.2 Å². The maximum atomic E-state index is 13.5. The first-order valence-electron chi connectivity index (χ1n) is 5.94. The van der Waals surface area contributed by atoms with Gasteiger partial charge in [0.05, 0.1) is 5.56 Å². The molecule has 0 unspecified atom stereocenters. The fraction of sp³-hybridized carbons (Fsp3) is 0.500. The lowest BCUT2D eigenvalue weighted by atomic mass is 10.0. The molecule has 0 atom stereocenters. The molecule has 2 rings (SSSR count). The number of benzene rings is 1. The molecule has 0 aromatic heterocycles. The number of rotatable bonds is 2. The predicted octanol–water partition coefficient (Wildman–Crippen LogP) is 3.13. The van der Waals surface area contributed by atoms with Crippen LogP contribution in [0.25, 0.3) is 0 Å². The van der Waals surface area contributed by atoms with Crippen LogP contribution in [0, 0.1) is 22.5 Å². The number of hydrogen-bond acceptors (Lipinski definition) is 1. The zero-order valence-corrected chi connectivity index (χ0v) is 11.0. The minimum absolute atomic E-state index is 0.0276. The third kappa shape index (κ3) is 1.71. The summed E-state index contributed by atoms with van der Waals surface area (Å²) in [5.41, 5.74) is -0.313. The van der Waals surface area contributed by atoms with E-state index >= 15 is 0 Å². The fourth-order valence-electron chi connectivity index (χ4n) is 2.45. The molecule has 1 amide bonds. The van der Waals surface area contributed by atoms with E-state index in [0.717, 1.165) is 6.07 Å². The van der Waals surface area contributed by atoms with Crippen molar-refractivity contribution >= 4 is 5.91 Å². The Morgan fingerprint density at radius 2 is 1.72 bits per heavy atom. The Bertz CT molecular complexity index is 495. The molecule has 1 aromatic rings. The predicted molar refractivity (Wildman–Crippen MR) is 65.2 cm³/mol. The van der Waals surface area contributed by atoms with Crippen LogP contribution in [-0.4, -0.2) is 11.9 Å². The second-order valence-electron chi connectivity index (χ2n) is 5.95. The van der Waals surface area contributed by atoms with Crippen molar-refractivity contribution in [1.82, 2.24) is 5.32 Å². The molecule has 0 spiro atoms. The second-order valence-corrected chi connectivity index (χ2v) is 5.95. The summed E-state index contributed by atoms with van der Waals surface area (Å²) >= 11 is 0. The van der Waals surface area contributed by atoms with Crippen molar-refractivity contribution in [3.05, 3.63) is 35.4 Å². The molecule has 1 N–H and O–H groups in total. The van der Waals surface area contributed by atoms with Crippen molar-refractivity contribution in [2.24, 2.45) is 10.8 Å². The van der Waals surface area contributed by atoms with Gasteiger partial charge in [0.25, 0.3) is 5.91 Å². The molecule has 1 saturated carbocycles. The zero-order valence-electron chi connectivity index (χ0n) is 11.0. The molecular weight excluding hydrogens is 236 g/mol. The summed E-state index contributed by atoms with van der Waals surface area (Å²) in [6, 6.07) is 3.59. The zero-order chi connectivity index (χ0) is 13.7. The number of amides is 1. The van der Waals surface area contributed by atoms with Gasteiger partial charge in [-0.15, -0.1) is 0 Å². The largest absolute Gasteiger partial charge is 0.348 e. The third-order valence-electron chi connectivity index (χ3n) is 4.49. The van der Waals surface area contributed by atoms with E-state index in [4.69, 9.17) is 0 Å². The molecule has 0 aliphatic heterocycles. The van der Waals surface area contributed by atoms with E-state index in [2.05, 4.69) is 5.32 Å². The van der Waals surface area contributed by atoms with E-state index in [1.54, 1.807) is 0 Å². The number of nitrogens with one attached hydrogen (secondary N) is 1. The van der Waals surface area contributed by atoms with E-state index in [1.807, 2.05) is 27.7 Å². The molecule has 0 bridgehead atoms. The minimum atomic E-state index is -1.09. The van der Waals surface area contributed by atoms with E-state index in [0.29, 0.717) is 0 Å². The minimum Gasteiger partial charge on any atom is -0.348 e. The molecule has 0 heterocycles. The first-order valence-corrected chi connectivity index (χ1v) is 5.94. The first-order chi connectivity index (χ1) is 8.19. The monoisotopic (exact) mass is 253 g/mol. The van der Waals surface area contributed by atoms with Crippen LogP contribution in [0.1, 0.15) is 38.1 Å². The number of hydrogen-bond donors (Lipinski definition) is 1. The summed E-state index contributed by atoms with van der Waals surface area (Å²) in [7, 11) is 0. The van der Waals surface area contributed by atoms with Gasteiger partial charge in [-0.1, -0.05) is 33.8 Å². The number of carbonyl (C=O) groups is 1. The van der Waals surface area contributed by atoms with Gasteiger partial charge >= 0.3 is 0 Å². The summed E-state index contributed by atoms with van der Waals surface area (Å²) < 4.78 is 26.5. The lowest BCUT2D eigenvalue weighted by Gasteiger charge is -2.08. The normalized spacial score (nSPS) is 20.6. The van der Waals surface area contributed by atoms with Gasteiger partial charge in [0, 0.05) is 6.04 Å². The van der Waals surface area contributed by atoms with Crippen LogP contribution in [0.4, 0.5) is 8.78 Å². The lowest BCUT2D eigenvalue weighted by Crippen LogP contribution is -2.30. The molecular formula is C14H17F2NO. The average Bonchev–Trinajstić information content (AvgIpc) is 2.65. The van der Waals surface area contributed by atoms with Crippen molar-refractivity contribution < 1.29 is 13.6 Å². The van der Waals surface area contributed by atoms with Gasteiger partial charge in [-0.25, -0.2) is 8.78 Å². The van der Waals surface area contributed by atoms with Crippen molar-refractivity contribution in [3.63, 3.8) is 0 Å². The highest BCUT2D eigenvalue weighted by atomic mass is 19.2. The van der Waals surface area contributed by atoms with Gasteiger partial charge in [0.2, 0.25) is 0 Å². The van der Waals surface area contributed by atoms with Crippen LogP contribution >= 0.6 is 0 Å². The highest BCUT2D eigenvalue weighted by molar-refractivity contribution is 5.95. The maximum Gasteiger partial charge on any atom is 0.254 e. The van der Waals surface area contributed by atoms with Crippen LogP contribution < -0.4 is 5.32 Å². The Morgan fingerprint density at radius 3 is 2.22 bits per heavy atom.